The fourth-order valence-electron chi connectivity index (χ4n) is 1.91. The number of amides is 1. The van der Waals surface area contributed by atoms with E-state index in [1.54, 1.807) is 43.5 Å². The highest BCUT2D eigenvalue weighted by Gasteiger charge is 2.15. The molecule has 0 aliphatic rings. The average Bonchev–Trinajstić information content (AvgIpc) is 2.47. The van der Waals surface area contributed by atoms with Crippen LogP contribution in [0.4, 0.5) is 4.39 Å². The van der Waals surface area contributed by atoms with Crippen molar-refractivity contribution in [3.63, 3.8) is 0 Å². The van der Waals surface area contributed by atoms with E-state index in [1.165, 1.54) is 6.07 Å². The molecule has 0 aliphatic carbocycles. The van der Waals surface area contributed by atoms with E-state index in [0.717, 1.165) is 0 Å². The van der Waals surface area contributed by atoms with Crippen molar-refractivity contribution in [2.24, 2.45) is 5.73 Å². The van der Waals surface area contributed by atoms with E-state index < -0.39 is 11.7 Å². The molecule has 0 fully saturated rings. The number of rotatable bonds is 4. The van der Waals surface area contributed by atoms with Gasteiger partial charge in [0.25, 0.3) is 5.91 Å². The topological polar surface area (TPSA) is 64.3 Å². The largest absolute Gasteiger partial charge is 0.497 e. The number of nitrogens with two attached hydrogens (primary N) is 1. The standard InChI is InChI=1S/C15H15FN2O2/c1-20-11-5-2-4-10(8-11)12-6-3-7-13(14(12)16)15(19)18-9-17/h2-8H,9,17H2,1H3,(H,18,19). The summed E-state index contributed by atoms with van der Waals surface area (Å²) in [7, 11) is 1.54. The second-order valence-electron chi connectivity index (χ2n) is 4.11. The Morgan fingerprint density at radius 3 is 2.75 bits per heavy atom. The Hall–Kier alpha value is -2.40. The lowest BCUT2D eigenvalue weighted by atomic mass is 10.0. The fourth-order valence-corrected chi connectivity index (χ4v) is 1.91. The summed E-state index contributed by atoms with van der Waals surface area (Å²) in [6, 6.07) is 11.7. The van der Waals surface area contributed by atoms with Gasteiger partial charge in [0.15, 0.2) is 0 Å². The minimum absolute atomic E-state index is 0.0317. The molecule has 20 heavy (non-hydrogen) atoms. The first-order chi connectivity index (χ1) is 9.67. The average molecular weight is 274 g/mol. The summed E-state index contributed by atoms with van der Waals surface area (Å²) in [5.41, 5.74) is 6.19. The summed E-state index contributed by atoms with van der Waals surface area (Å²) in [6.45, 7) is -0.0400. The van der Waals surface area contributed by atoms with Gasteiger partial charge in [0, 0.05) is 5.56 Å². The highest BCUT2D eigenvalue weighted by molar-refractivity contribution is 5.95. The molecule has 0 heterocycles. The van der Waals surface area contributed by atoms with E-state index >= 15 is 0 Å². The molecule has 0 spiro atoms. The minimum Gasteiger partial charge on any atom is -0.497 e. The molecule has 3 N–H and O–H groups in total. The van der Waals surface area contributed by atoms with Gasteiger partial charge in [0.05, 0.1) is 19.3 Å². The molecule has 2 rings (SSSR count). The number of nitrogens with one attached hydrogen (secondary N) is 1. The highest BCUT2D eigenvalue weighted by Crippen LogP contribution is 2.27. The molecule has 1 amide bonds. The predicted octanol–water partition coefficient (Wildman–Crippen LogP) is 2.15. The maximum atomic E-state index is 14.4. The second kappa shape index (κ2) is 6.16. The zero-order valence-corrected chi connectivity index (χ0v) is 11.0. The molecule has 0 saturated carbocycles. The fraction of sp³-hybridized carbons (Fsp3) is 0.133. The van der Waals surface area contributed by atoms with E-state index in [0.29, 0.717) is 16.9 Å². The summed E-state index contributed by atoms with van der Waals surface area (Å²) in [5, 5.41) is 2.38. The summed E-state index contributed by atoms with van der Waals surface area (Å²) in [4.78, 5) is 11.7. The van der Waals surface area contributed by atoms with Crippen molar-refractivity contribution in [1.82, 2.24) is 5.32 Å². The monoisotopic (exact) mass is 274 g/mol. The third-order valence-corrected chi connectivity index (χ3v) is 2.89. The molecule has 5 heteroatoms. The minimum atomic E-state index is -0.577. The summed E-state index contributed by atoms with van der Waals surface area (Å²) >= 11 is 0. The molecular formula is C15H15FN2O2. The van der Waals surface area contributed by atoms with E-state index in [1.807, 2.05) is 0 Å². The van der Waals surface area contributed by atoms with Crippen molar-refractivity contribution < 1.29 is 13.9 Å². The van der Waals surface area contributed by atoms with E-state index in [-0.39, 0.29) is 12.2 Å². The quantitative estimate of drug-likeness (QED) is 0.840. The Kier molecular flexibility index (Phi) is 4.32. The van der Waals surface area contributed by atoms with Gasteiger partial charge in [0.2, 0.25) is 0 Å². The lowest BCUT2D eigenvalue weighted by Crippen LogP contribution is -2.30. The Balaban J connectivity index is 2.47. The van der Waals surface area contributed by atoms with E-state index in [4.69, 9.17) is 10.5 Å². The van der Waals surface area contributed by atoms with Crippen LogP contribution in [-0.4, -0.2) is 19.7 Å². The molecule has 0 saturated heterocycles. The Morgan fingerprint density at radius 1 is 1.30 bits per heavy atom. The molecule has 4 nitrogen and oxygen atoms in total. The third kappa shape index (κ3) is 2.78. The summed E-state index contributed by atoms with van der Waals surface area (Å²) in [5.74, 6) is -0.486. The Bertz CT molecular complexity index is 629. The van der Waals surface area contributed by atoms with Crippen LogP contribution in [0.1, 0.15) is 10.4 Å². The number of methoxy groups -OCH3 is 1. The first-order valence-corrected chi connectivity index (χ1v) is 6.08. The molecule has 0 aromatic heterocycles. The molecule has 0 bridgehead atoms. The number of carbonyl (C=O) groups is 1. The van der Waals surface area contributed by atoms with Crippen molar-refractivity contribution in [3.05, 3.63) is 53.8 Å². The molecule has 2 aromatic rings. The number of halogens is 1. The SMILES string of the molecule is COc1cccc(-c2cccc(C(=O)NCN)c2F)c1. The zero-order valence-electron chi connectivity index (χ0n) is 11.0. The molecule has 0 unspecified atom stereocenters. The van der Waals surface area contributed by atoms with E-state index in [9.17, 15) is 9.18 Å². The number of benzene rings is 2. The first-order valence-electron chi connectivity index (χ1n) is 6.08. The van der Waals surface area contributed by atoms with Gasteiger partial charge >= 0.3 is 0 Å². The van der Waals surface area contributed by atoms with Crippen LogP contribution >= 0.6 is 0 Å². The van der Waals surface area contributed by atoms with E-state index in [2.05, 4.69) is 5.32 Å². The van der Waals surface area contributed by atoms with Crippen LogP contribution in [0.2, 0.25) is 0 Å². The number of ether oxygens (including phenoxy) is 1. The van der Waals surface area contributed by atoms with Crippen molar-refractivity contribution in [2.75, 3.05) is 13.8 Å². The van der Waals surface area contributed by atoms with Crippen LogP contribution < -0.4 is 15.8 Å². The van der Waals surface area contributed by atoms with Crippen LogP contribution in [0.3, 0.4) is 0 Å². The van der Waals surface area contributed by atoms with Crippen molar-refractivity contribution in [3.8, 4) is 16.9 Å². The predicted molar refractivity (Wildman–Crippen MR) is 74.9 cm³/mol. The van der Waals surface area contributed by atoms with Crippen LogP contribution in [-0.2, 0) is 0 Å². The van der Waals surface area contributed by atoms with Gasteiger partial charge in [-0.1, -0.05) is 24.3 Å². The second-order valence-corrected chi connectivity index (χ2v) is 4.11. The number of carbonyl (C=O) groups excluding carboxylic acids is 1. The molecule has 0 aliphatic heterocycles. The maximum absolute atomic E-state index is 14.4. The van der Waals surface area contributed by atoms with Crippen molar-refractivity contribution >= 4 is 5.91 Å². The lowest BCUT2D eigenvalue weighted by molar-refractivity contribution is 0.0951. The van der Waals surface area contributed by atoms with Gasteiger partial charge in [-0.05, 0) is 23.8 Å². The maximum Gasteiger partial charge on any atom is 0.255 e. The number of hydrogen-bond acceptors (Lipinski definition) is 3. The van der Waals surface area contributed by atoms with Crippen LogP contribution in [0.15, 0.2) is 42.5 Å². The molecule has 0 atom stereocenters. The Labute approximate surface area is 116 Å². The zero-order chi connectivity index (χ0) is 14.5. The van der Waals surface area contributed by atoms with Gasteiger partial charge < -0.3 is 15.8 Å². The lowest BCUT2D eigenvalue weighted by Gasteiger charge is -2.09. The normalized spacial score (nSPS) is 10.2. The van der Waals surface area contributed by atoms with Crippen LogP contribution in [0.25, 0.3) is 11.1 Å². The van der Waals surface area contributed by atoms with Crippen molar-refractivity contribution in [2.45, 2.75) is 0 Å². The Morgan fingerprint density at radius 2 is 2.05 bits per heavy atom. The van der Waals surface area contributed by atoms with Gasteiger partial charge in [-0.15, -0.1) is 0 Å². The van der Waals surface area contributed by atoms with Crippen LogP contribution in [0, 0.1) is 5.82 Å². The van der Waals surface area contributed by atoms with Gasteiger partial charge in [0.1, 0.15) is 11.6 Å². The highest BCUT2D eigenvalue weighted by atomic mass is 19.1. The first kappa shape index (κ1) is 14.0. The summed E-state index contributed by atoms with van der Waals surface area (Å²) in [6.07, 6.45) is 0. The van der Waals surface area contributed by atoms with Crippen molar-refractivity contribution in [1.29, 1.82) is 0 Å². The van der Waals surface area contributed by atoms with Gasteiger partial charge in [-0.3, -0.25) is 4.79 Å². The molecular weight excluding hydrogens is 259 g/mol. The van der Waals surface area contributed by atoms with Crippen LogP contribution in [0.5, 0.6) is 5.75 Å². The van der Waals surface area contributed by atoms with Gasteiger partial charge in [-0.25, -0.2) is 4.39 Å². The third-order valence-electron chi connectivity index (χ3n) is 2.89. The summed E-state index contributed by atoms with van der Waals surface area (Å²) < 4.78 is 19.5. The smallest absolute Gasteiger partial charge is 0.255 e. The molecule has 2 aromatic carbocycles. The molecule has 0 radical (unpaired) electrons. The molecule has 104 valence electrons. The van der Waals surface area contributed by atoms with Gasteiger partial charge in [-0.2, -0.15) is 0 Å². The number of hydrogen-bond donors (Lipinski definition) is 2.